The molecule has 7 nitrogen and oxygen atoms in total. The van der Waals surface area contributed by atoms with Crippen LogP contribution in [0, 0.1) is 0 Å². The largest absolute Gasteiger partial charge is 0.550 e. The van der Waals surface area contributed by atoms with E-state index in [0.717, 1.165) is 11.8 Å². The lowest BCUT2D eigenvalue weighted by Crippen LogP contribution is -2.33. The van der Waals surface area contributed by atoms with Gasteiger partial charge in [-0.15, -0.1) is 11.3 Å². The van der Waals surface area contributed by atoms with Crippen molar-refractivity contribution in [2.24, 2.45) is 0 Å². The van der Waals surface area contributed by atoms with Gasteiger partial charge in [0, 0.05) is 18.9 Å². The number of amides is 1. The molecular weight excluding hydrogens is 434 g/mol. The van der Waals surface area contributed by atoms with Crippen LogP contribution in [0.4, 0.5) is 0 Å². The number of methoxy groups -OCH3 is 1. The summed E-state index contributed by atoms with van der Waals surface area (Å²) in [6, 6.07) is 8.30. The lowest BCUT2D eigenvalue weighted by Gasteiger charge is -2.14. The number of thioether (sulfide) groups is 1. The number of hydrogen-bond acceptors (Lipinski definition) is 9. The van der Waals surface area contributed by atoms with Gasteiger partial charge in [-0.2, -0.15) is 0 Å². The van der Waals surface area contributed by atoms with Gasteiger partial charge in [0.05, 0.1) is 12.0 Å². The van der Waals surface area contributed by atoms with E-state index in [1.54, 1.807) is 41.8 Å². The molecule has 0 atom stereocenters. The molecule has 150 valence electrons. The zero-order valence-corrected chi connectivity index (χ0v) is 17.5. The summed E-state index contributed by atoms with van der Waals surface area (Å²) in [5.74, 6) is -1.52. The van der Waals surface area contributed by atoms with Gasteiger partial charge in [0.25, 0.3) is 5.91 Å². The Morgan fingerprint density at radius 1 is 1.28 bits per heavy atom. The third-order valence-electron chi connectivity index (χ3n) is 3.82. The normalized spacial score (nSPS) is 15.1. The minimum atomic E-state index is -1.25. The molecule has 0 unspecified atom stereocenters. The van der Waals surface area contributed by atoms with Crippen molar-refractivity contribution in [3.63, 3.8) is 0 Å². The van der Waals surface area contributed by atoms with Crippen molar-refractivity contribution in [3.05, 3.63) is 51.1 Å². The molecule has 1 aromatic carbocycles. The summed E-state index contributed by atoms with van der Waals surface area (Å²) in [6.45, 7) is -0.0364. The molecule has 3 rings (SSSR count). The van der Waals surface area contributed by atoms with E-state index in [1.807, 2.05) is 0 Å². The first-order valence-corrected chi connectivity index (χ1v) is 10.4. The van der Waals surface area contributed by atoms with Crippen molar-refractivity contribution >= 4 is 63.6 Å². The Morgan fingerprint density at radius 3 is 2.72 bits per heavy atom. The molecule has 2 aromatic rings. The third kappa shape index (κ3) is 5.03. The van der Waals surface area contributed by atoms with Gasteiger partial charge in [-0.25, -0.2) is 4.79 Å². The summed E-state index contributed by atoms with van der Waals surface area (Å²) in [6.07, 6.45) is 1.32. The molecule has 0 saturated carbocycles. The first-order valence-electron chi connectivity index (χ1n) is 8.28. The fourth-order valence-electron chi connectivity index (χ4n) is 2.45. The van der Waals surface area contributed by atoms with Crippen LogP contribution in [0.1, 0.15) is 21.7 Å². The van der Waals surface area contributed by atoms with E-state index in [0.29, 0.717) is 21.1 Å². The van der Waals surface area contributed by atoms with Crippen molar-refractivity contribution in [2.45, 2.75) is 6.42 Å². The van der Waals surface area contributed by atoms with E-state index >= 15 is 0 Å². The predicted octanol–water partition coefficient (Wildman–Crippen LogP) is 2.32. The fourth-order valence-corrected chi connectivity index (χ4v) is 4.36. The van der Waals surface area contributed by atoms with Gasteiger partial charge in [0.2, 0.25) is 0 Å². The lowest BCUT2D eigenvalue weighted by atomic mass is 10.2. The van der Waals surface area contributed by atoms with Crippen molar-refractivity contribution in [2.75, 3.05) is 13.7 Å². The first kappa shape index (κ1) is 21.0. The highest BCUT2D eigenvalue weighted by molar-refractivity contribution is 8.26. The quantitative estimate of drug-likeness (QED) is 0.276. The highest BCUT2D eigenvalue weighted by Crippen LogP contribution is 2.35. The van der Waals surface area contributed by atoms with Crippen LogP contribution in [0.15, 0.2) is 40.6 Å². The molecule has 29 heavy (non-hydrogen) atoms. The molecule has 0 radical (unpaired) electrons. The maximum Gasteiger partial charge on any atom is 0.353 e. The van der Waals surface area contributed by atoms with Crippen LogP contribution in [0.3, 0.4) is 0 Å². The molecule has 1 fully saturated rings. The van der Waals surface area contributed by atoms with Crippen molar-refractivity contribution in [1.82, 2.24) is 4.90 Å². The molecule has 0 spiro atoms. The number of hydrogen-bond donors (Lipinski definition) is 0. The number of carboxylic acid groups (broad SMARTS) is 1. The number of aliphatic carboxylic acids is 1. The van der Waals surface area contributed by atoms with E-state index < -0.39 is 11.9 Å². The van der Waals surface area contributed by atoms with Gasteiger partial charge in [0.1, 0.15) is 9.20 Å². The highest BCUT2D eigenvalue weighted by atomic mass is 32.2. The number of ether oxygens (including phenoxy) is 2. The summed E-state index contributed by atoms with van der Waals surface area (Å²) >= 11 is 7.51. The van der Waals surface area contributed by atoms with E-state index in [-0.39, 0.29) is 28.9 Å². The van der Waals surface area contributed by atoms with Gasteiger partial charge in [0.15, 0.2) is 11.5 Å². The van der Waals surface area contributed by atoms with Crippen molar-refractivity contribution in [1.29, 1.82) is 0 Å². The summed E-state index contributed by atoms with van der Waals surface area (Å²) < 4.78 is 11.0. The molecule has 0 aliphatic carbocycles. The van der Waals surface area contributed by atoms with Crippen LogP contribution in [0.2, 0.25) is 0 Å². The minimum absolute atomic E-state index is 0.0364. The van der Waals surface area contributed by atoms with Crippen LogP contribution in [0.5, 0.6) is 11.5 Å². The number of rotatable bonds is 7. The first-order chi connectivity index (χ1) is 13.9. The molecule has 0 N–H and O–H groups in total. The Morgan fingerprint density at radius 2 is 2.07 bits per heavy atom. The van der Waals surface area contributed by atoms with Gasteiger partial charge in [-0.05, 0) is 35.2 Å². The van der Waals surface area contributed by atoms with E-state index in [2.05, 4.69) is 0 Å². The third-order valence-corrected chi connectivity index (χ3v) is 6.05. The molecule has 1 aliphatic rings. The number of carboxylic acids is 1. The molecule has 1 aromatic heterocycles. The molecule has 10 heteroatoms. The van der Waals surface area contributed by atoms with Crippen molar-refractivity contribution in [3.8, 4) is 11.5 Å². The van der Waals surface area contributed by atoms with E-state index in [4.69, 9.17) is 21.7 Å². The number of carbonyl (C=O) groups excluding carboxylic acids is 3. The second-order valence-electron chi connectivity index (χ2n) is 5.73. The Bertz CT molecular complexity index is 999. The number of carbonyl (C=O) groups is 3. The van der Waals surface area contributed by atoms with Crippen LogP contribution in [0.25, 0.3) is 6.08 Å². The van der Waals surface area contributed by atoms with Gasteiger partial charge < -0.3 is 19.4 Å². The highest BCUT2D eigenvalue weighted by Gasteiger charge is 2.31. The summed E-state index contributed by atoms with van der Waals surface area (Å²) in [5, 5.41) is 12.4. The average Bonchev–Trinajstić information content (AvgIpc) is 3.31. The molecule has 1 amide bonds. The Kier molecular flexibility index (Phi) is 6.68. The van der Waals surface area contributed by atoms with Gasteiger partial charge >= 0.3 is 5.97 Å². The van der Waals surface area contributed by atoms with Gasteiger partial charge in [-0.3, -0.25) is 9.69 Å². The minimum Gasteiger partial charge on any atom is -0.550 e. The van der Waals surface area contributed by atoms with E-state index in [1.165, 1.54) is 23.3 Å². The molecule has 1 saturated heterocycles. The SMILES string of the molecule is COc1cc(/C=C2\SC(=S)N(CCC(=O)[O-])C2=O)ccc1OC(=O)c1cccs1. The fraction of sp³-hybridized carbons (Fsp3) is 0.158. The second-order valence-corrected chi connectivity index (χ2v) is 8.36. The number of esters is 1. The molecular formula is C19H14NO6S3-. The molecule has 1 aliphatic heterocycles. The second kappa shape index (κ2) is 9.21. The summed E-state index contributed by atoms with van der Waals surface area (Å²) in [5.41, 5.74) is 0.637. The van der Waals surface area contributed by atoms with Crippen LogP contribution < -0.4 is 14.6 Å². The van der Waals surface area contributed by atoms with Crippen molar-refractivity contribution < 1.29 is 29.0 Å². The topological polar surface area (TPSA) is 96.0 Å². The number of thiophene rings is 1. The van der Waals surface area contributed by atoms with Crippen LogP contribution in [-0.4, -0.2) is 40.7 Å². The number of benzene rings is 1. The number of nitrogens with zero attached hydrogens (tertiary/aromatic N) is 1. The standard InChI is InChI=1S/C19H15NO6S3/c1-25-13-9-11(4-5-12(13)26-18(24)14-3-2-8-28-14)10-15-17(23)20(19(27)29-15)7-6-16(21)22/h2-5,8-10H,6-7H2,1H3,(H,21,22)/p-1/b15-10-. The van der Waals surface area contributed by atoms with E-state index in [9.17, 15) is 19.5 Å². The number of thiocarbonyl (C=S) groups is 1. The zero-order chi connectivity index (χ0) is 21.0. The Balaban J connectivity index is 1.77. The molecule has 0 bridgehead atoms. The smallest absolute Gasteiger partial charge is 0.353 e. The Labute approximate surface area is 179 Å². The Hall–Kier alpha value is -2.69. The van der Waals surface area contributed by atoms with Crippen LogP contribution >= 0.6 is 35.3 Å². The summed E-state index contributed by atoms with van der Waals surface area (Å²) in [4.78, 5) is 37.3. The predicted molar refractivity (Wildman–Crippen MR) is 112 cm³/mol. The maximum absolute atomic E-state index is 12.5. The average molecular weight is 449 g/mol. The maximum atomic E-state index is 12.5. The molecule has 2 heterocycles. The monoisotopic (exact) mass is 448 g/mol. The summed E-state index contributed by atoms with van der Waals surface area (Å²) in [7, 11) is 1.45. The lowest BCUT2D eigenvalue weighted by molar-refractivity contribution is -0.305. The zero-order valence-electron chi connectivity index (χ0n) is 15.1. The van der Waals surface area contributed by atoms with Crippen LogP contribution in [-0.2, 0) is 9.59 Å². The van der Waals surface area contributed by atoms with Gasteiger partial charge in [-0.1, -0.05) is 36.1 Å².